The van der Waals surface area contributed by atoms with E-state index in [1.807, 2.05) is 16.7 Å². The molecule has 0 saturated carbocycles. The van der Waals surface area contributed by atoms with Crippen LogP contribution >= 0.6 is 0 Å². The van der Waals surface area contributed by atoms with E-state index < -0.39 is 0 Å². The Morgan fingerprint density at radius 1 is 0.938 bits per heavy atom. The summed E-state index contributed by atoms with van der Waals surface area (Å²) in [6.07, 6.45) is 0. The maximum absolute atomic E-state index is 13.6. The van der Waals surface area contributed by atoms with Crippen LogP contribution in [0.1, 0.15) is 60.3 Å². The van der Waals surface area contributed by atoms with Gasteiger partial charge in [-0.3, -0.25) is 4.57 Å². The molecule has 3 heterocycles. The van der Waals surface area contributed by atoms with Gasteiger partial charge in [-0.1, -0.05) is 41.5 Å². The minimum atomic E-state index is -0.281. The number of rotatable bonds is 3. The van der Waals surface area contributed by atoms with Gasteiger partial charge in [-0.2, -0.15) is 0 Å². The van der Waals surface area contributed by atoms with Crippen LogP contribution in [0.25, 0.3) is 33.8 Å². The summed E-state index contributed by atoms with van der Waals surface area (Å²) in [5.74, 6) is 1.01. The molecular weight excluding hydrogens is 403 g/mol. The molecule has 0 aliphatic rings. The summed E-state index contributed by atoms with van der Waals surface area (Å²) in [5, 5.41) is 0. The van der Waals surface area contributed by atoms with E-state index in [0.29, 0.717) is 5.95 Å². The number of nitrogens with two attached hydrogens (primary N) is 1. The molecular formula is C25H31FN6. The van der Waals surface area contributed by atoms with Crippen molar-refractivity contribution in [3.8, 4) is 22.6 Å². The molecule has 1 aromatic carbocycles. The van der Waals surface area contributed by atoms with Gasteiger partial charge in [0, 0.05) is 17.0 Å². The van der Waals surface area contributed by atoms with Gasteiger partial charge < -0.3 is 10.7 Å². The van der Waals surface area contributed by atoms with Gasteiger partial charge in [0.25, 0.3) is 0 Å². The average molecular weight is 435 g/mol. The van der Waals surface area contributed by atoms with Crippen molar-refractivity contribution in [1.29, 1.82) is 0 Å². The largest absolute Gasteiger partial charge is 0.369 e. The van der Waals surface area contributed by atoms with Gasteiger partial charge in [-0.05, 0) is 48.7 Å². The minimum absolute atomic E-state index is 0.0217. The van der Waals surface area contributed by atoms with Crippen LogP contribution in [0.5, 0.6) is 0 Å². The smallest absolute Gasteiger partial charge is 0.202 e. The average Bonchev–Trinajstić information content (AvgIpc) is 3.27. The molecule has 0 bridgehead atoms. The second-order valence-corrected chi connectivity index (χ2v) is 10.5. The third-order valence-corrected chi connectivity index (χ3v) is 5.99. The number of aromatic nitrogens is 5. The number of hydrogen-bond donors (Lipinski definition) is 2. The predicted molar refractivity (Wildman–Crippen MR) is 128 cm³/mol. The lowest BCUT2D eigenvalue weighted by Gasteiger charge is -2.29. The van der Waals surface area contributed by atoms with E-state index in [-0.39, 0.29) is 22.7 Å². The fraction of sp³-hybridized carbons (Fsp3) is 0.400. The van der Waals surface area contributed by atoms with Crippen molar-refractivity contribution in [2.45, 2.75) is 59.9 Å². The molecule has 0 saturated heterocycles. The summed E-state index contributed by atoms with van der Waals surface area (Å²) in [6.45, 7) is 14.9. The second-order valence-electron chi connectivity index (χ2n) is 10.5. The van der Waals surface area contributed by atoms with Crippen LogP contribution in [0.2, 0.25) is 0 Å². The van der Waals surface area contributed by atoms with Crippen LogP contribution in [0.3, 0.4) is 0 Å². The van der Waals surface area contributed by atoms with Gasteiger partial charge in [0.15, 0.2) is 5.65 Å². The maximum Gasteiger partial charge on any atom is 0.202 e. The zero-order valence-electron chi connectivity index (χ0n) is 19.8. The molecule has 3 aromatic heterocycles. The summed E-state index contributed by atoms with van der Waals surface area (Å²) < 4.78 is 15.5. The Morgan fingerprint density at radius 2 is 1.59 bits per heavy atom. The van der Waals surface area contributed by atoms with E-state index in [0.717, 1.165) is 39.6 Å². The third kappa shape index (κ3) is 3.87. The summed E-state index contributed by atoms with van der Waals surface area (Å²) in [5.41, 5.74) is 10.7. The lowest BCUT2D eigenvalue weighted by molar-refractivity contribution is 0.269. The highest BCUT2D eigenvalue weighted by molar-refractivity contribution is 5.82. The Kier molecular flexibility index (Phi) is 5.11. The molecule has 0 radical (unpaired) electrons. The van der Waals surface area contributed by atoms with Crippen molar-refractivity contribution in [2.75, 3.05) is 5.73 Å². The number of hydrogen-bond acceptors (Lipinski definition) is 4. The number of aromatic amines is 1. The highest BCUT2D eigenvalue weighted by atomic mass is 19.1. The van der Waals surface area contributed by atoms with Crippen LogP contribution < -0.4 is 5.73 Å². The van der Waals surface area contributed by atoms with Gasteiger partial charge in [0.1, 0.15) is 17.2 Å². The molecule has 4 aromatic rings. The normalized spacial score (nSPS) is 13.6. The molecule has 7 heteroatoms. The van der Waals surface area contributed by atoms with E-state index >= 15 is 0 Å². The first kappa shape index (κ1) is 22.0. The molecule has 0 aliphatic heterocycles. The molecule has 0 aliphatic carbocycles. The molecule has 1 unspecified atom stereocenters. The van der Waals surface area contributed by atoms with Gasteiger partial charge in [0.05, 0.1) is 17.1 Å². The molecule has 3 N–H and O–H groups in total. The van der Waals surface area contributed by atoms with E-state index in [9.17, 15) is 4.39 Å². The van der Waals surface area contributed by atoms with Crippen molar-refractivity contribution in [1.82, 2.24) is 24.5 Å². The molecule has 168 valence electrons. The van der Waals surface area contributed by atoms with Crippen LogP contribution in [0.4, 0.5) is 10.3 Å². The van der Waals surface area contributed by atoms with Crippen LogP contribution in [-0.4, -0.2) is 24.5 Å². The van der Waals surface area contributed by atoms with Gasteiger partial charge in [-0.25, -0.2) is 19.3 Å². The summed E-state index contributed by atoms with van der Waals surface area (Å²) in [6, 6.07) is 10.3. The summed E-state index contributed by atoms with van der Waals surface area (Å²) in [7, 11) is 0. The minimum Gasteiger partial charge on any atom is -0.369 e. The first-order valence-corrected chi connectivity index (χ1v) is 10.9. The number of H-pyrrole nitrogens is 1. The molecule has 0 spiro atoms. The zero-order valence-corrected chi connectivity index (χ0v) is 19.8. The topological polar surface area (TPSA) is 85.4 Å². The molecule has 0 fully saturated rings. The number of nitrogens with zero attached hydrogens (tertiary/aromatic N) is 4. The van der Waals surface area contributed by atoms with Crippen molar-refractivity contribution in [3.63, 3.8) is 0 Å². The molecule has 1 atom stereocenters. The highest BCUT2D eigenvalue weighted by Gasteiger charge is 2.27. The van der Waals surface area contributed by atoms with Crippen molar-refractivity contribution >= 4 is 17.1 Å². The molecule has 0 amide bonds. The maximum atomic E-state index is 13.6. The number of nitrogen functional groups attached to an aromatic ring is 1. The Bertz CT molecular complexity index is 1270. The summed E-state index contributed by atoms with van der Waals surface area (Å²) in [4.78, 5) is 17.9. The van der Waals surface area contributed by atoms with Crippen LogP contribution in [0, 0.1) is 11.2 Å². The Balaban J connectivity index is 1.94. The van der Waals surface area contributed by atoms with Gasteiger partial charge in [0.2, 0.25) is 5.95 Å². The number of nitrogens with one attached hydrogen (secondary N) is 1. The Hall–Kier alpha value is -3.22. The van der Waals surface area contributed by atoms with Crippen molar-refractivity contribution in [3.05, 3.63) is 48.0 Å². The Labute approximate surface area is 188 Å². The van der Waals surface area contributed by atoms with Gasteiger partial charge >= 0.3 is 0 Å². The van der Waals surface area contributed by atoms with E-state index in [4.69, 9.17) is 15.7 Å². The second kappa shape index (κ2) is 7.43. The number of fused-ring (bicyclic) bond motifs is 1. The number of anilines is 1. The first-order valence-electron chi connectivity index (χ1n) is 10.9. The zero-order chi connectivity index (χ0) is 23.4. The van der Waals surface area contributed by atoms with E-state index in [2.05, 4.69) is 58.4 Å². The van der Waals surface area contributed by atoms with Crippen LogP contribution in [0.15, 0.2) is 36.4 Å². The number of benzene rings is 1. The standard InChI is InChI=1S/C25H31FN6/c1-14(24(2,3)4)32-21-18(29-23(32)27)13-12-17(28-21)20-19(15-8-10-16(26)11-9-15)30-22(31-20)25(5,6)7/h8-14H,1-7H3,(H2,27,29)(H,30,31). The quantitative estimate of drug-likeness (QED) is 0.407. The highest BCUT2D eigenvalue weighted by Crippen LogP contribution is 2.37. The van der Waals surface area contributed by atoms with E-state index in [1.54, 1.807) is 12.1 Å². The number of imidazole rings is 2. The Morgan fingerprint density at radius 3 is 2.19 bits per heavy atom. The molecule has 4 rings (SSSR count). The number of halogens is 1. The summed E-state index contributed by atoms with van der Waals surface area (Å²) >= 11 is 0. The fourth-order valence-corrected chi connectivity index (χ4v) is 3.63. The van der Waals surface area contributed by atoms with Crippen molar-refractivity contribution < 1.29 is 4.39 Å². The SMILES string of the molecule is CC(n1c(N)nc2ccc(-c3[nH]c(C(C)(C)C)nc3-c3ccc(F)cc3)nc21)C(C)(C)C. The number of pyridine rings is 1. The van der Waals surface area contributed by atoms with Gasteiger partial charge in [-0.15, -0.1) is 0 Å². The van der Waals surface area contributed by atoms with E-state index in [1.165, 1.54) is 12.1 Å². The fourth-order valence-electron chi connectivity index (χ4n) is 3.63. The monoisotopic (exact) mass is 434 g/mol. The molecule has 32 heavy (non-hydrogen) atoms. The van der Waals surface area contributed by atoms with Crippen LogP contribution in [-0.2, 0) is 5.41 Å². The first-order chi connectivity index (χ1) is 14.9. The lowest BCUT2D eigenvalue weighted by Crippen LogP contribution is -2.23. The molecule has 6 nitrogen and oxygen atoms in total. The predicted octanol–water partition coefficient (Wildman–Crippen LogP) is 6.11. The van der Waals surface area contributed by atoms with Crippen molar-refractivity contribution in [2.24, 2.45) is 5.41 Å². The third-order valence-electron chi connectivity index (χ3n) is 5.99. The lowest BCUT2D eigenvalue weighted by atomic mass is 9.88.